The molecule has 2 aliphatic rings. The van der Waals surface area contributed by atoms with E-state index in [0.29, 0.717) is 24.0 Å². The normalized spacial score (nSPS) is 19.5. The van der Waals surface area contributed by atoms with Gasteiger partial charge in [0.05, 0.1) is 17.9 Å². The highest BCUT2D eigenvalue weighted by Gasteiger charge is 2.30. The van der Waals surface area contributed by atoms with Crippen LogP contribution in [0.5, 0.6) is 0 Å². The first-order valence-corrected chi connectivity index (χ1v) is 9.29. The van der Waals surface area contributed by atoms with Crippen molar-refractivity contribution in [1.82, 2.24) is 19.8 Å². The highest BCUT2D eigenvalue weighted by atomic mass is 16.5. The minimum Gasteiger partial charge on any atom is -0.386 e. The number of aliphatic hydroxyl groups is 1. The number of carbonyl (C=O) groups excluding carboxylic acids is 1. The molecule has 1 amide bonds. The fourth-order valence-electron chi connectivity index (χ4n) is 3.64. The van der Waals surface area contributed by atoms with Gasteiger partial charge >= 0.3 is 0 Å². The molecule has 0 unspecified atom stereocenters. The van der Waals surface area contributed by atoms with Gasteiger partial charge in [0.25, 0.3) is 0 Å². The van der Waals surface area contributed by atoms with Gasteiger partial charge in [0.1, 0.15) is 11.9 Å². The van der Waals surface area contributed by atoms with Gasteiger partial charge in [0.2, 0.25) is 5.91 Å². The summed E-state index contributed by atoms with van der Waals surface area (Å²) in [6, 6.07) is 3.70. The molecule has 140 valence electrons. The third-order valence-electron chi connectivity index (χ3n) is 5.27. The van der Waals surface area contributed by atoms with E-state index in [2.05, 4.69) is 20.5 Å². The van der Waals surface area contributed by atoms with Crippen molar-refractivity contribution in [2.45, 2.75) is 51.8 Å². The molecule has 2 aromatic rings. The highest BCUT2D eigenvalue weighted by molar-refractivity contribution is 5.91. The number of anilines is 1. The molecule has 1 fully saturated rings. The molecule has 1 aliphatic heterocycles. The standard InChI is InChI=1S/C18H25N5O3/c1-12-8-16(21-26-12)19-17(24)11-22-6-3-7-23-14(10-22)9-15(20-23)18(25)13-4-2-5-13/h8-9,13,18,25H,2-7,10-11H2,1H3,(H,19,21,24)/t18-/m1/s1. The summed E-state index contributed by atoms with van der Waals surface area (Å²) in [6.45, 7) is 4.37. The molecule has 0 spiro atoms. The molecule has 0 aromatic carbocycles. The van der Waals surface area contributed by atoms with E-state index in [1.54, 1.807) is 13.0 Å². The van der Waals surface area contributed by atoms with E-state index in [-0.39, 0.29) is 12.5 Å². The summed E-state index contributed by atoms with van der Waals surface area (Å²) >= 11 is 0. The van der Waals surface area contributed by atoms with Crippen LogP contribution in [0.15, 0.2) is 16.7 Å². The Hall–Kier alpha value is -2.19. The van der Waals surface area contributed by atoms with Crippen LogP contribution in [0.1, 0.15) is 48.9 Å². The lowest BCUT2D eigenvalue weighted by molar-refractivity contribution is -0.117. The second-order valence-electron chi connectivity index (χ2n) is 7.35. The lowest BCUT2D eigenvalue weighted by Crippen LogP contribution is -2.33. The summed E-state index contributed by atoms with van der Waals surface area (Å²) in [7, 11) is 0. The van der Waals surface area contributed by atoms with Crippen LogP contribution < -0.4 is 5.32 Å². The number of nitrogens with zero attached hydrogens (tertiary/aromatic N) is 4. The first-order chi connectivity index (χ1) is 12.6. The Balaban J connectivity index is 1.39. The van der Waals surface area contributed by atoms with E-state index < -0.39 is 6.10 Å². The smallest absolute Gasteiger partial charge is 0.239 e. The molecule has 3 heterocycles. The number of fused-ring (bicyclic) bond motifs is 1. The molecule has 0 saturated heterocycles. The van der Waals surface area contributed by atoms with Crippen molar-refractivity contribution < 1.29 is 14.4 Å². The zero-order valence-corrected chi connectivity index (χ0v) is 15.0. The predicted molar refractivity (Wildman–Crippen MR) is 94.3 cm³/mol. The molecule has 26 heavy (non-hydrogen) atoms. The van der Waals surface area contributed by atoms with E-state index in [1.165, 1.54) is 6.42 Å². The number of hydrogen-bond donors (Lipinski definition) is 2. The van der Waals surface area contributed by atoms with Crippen LogP contribution in [-0.2, 0) is 17.9 Å². The van der Waals surface area contributed by atoms with E-state index in [9.17, 15) is 9.90 Å². The Kier molecular flexibility index (Phi) is 4.78. The number of aliphatic hydroxyl groups excluding tert-OH is 1. The fourth-order valence-corrected chi connectivity index (χ4v) is 3.64. The van der Waals surface area contributed by atoms with Gasteiger partial charge in [-0.1, -0.05) is 11.6 Å². The molecule has 8 nitrogen and oxygen atoms in total. The van der Waals surface area contributed by atoms with Crippen molar-refractivity contribution in [3.8, 4) is 0 Å². The molecule has 4 rings (SSSR count). The Bertz CT molecular complexity index is 780. The number of rotatable bonds is 5. The molecule has 0 bridgehead atoms. The Morgan fingerprint density at radius 1 is 1.38 bits per heavy atom. The number of aryl methyl sites for hydroxylation is 2. The summed E-state index contributed by atoms with van der Waals surface area (Å²) in [4.78, 5) is 14.4. The number of hydrogen-bond acceptors (Lipinski definition) is 6. The predicted octanol–water partition coefficient (Wildman–Crippen LogP) is 1.86. The fraction of sp³-hybridized carbons (Fsp3) is 0.611. The van der Waals surface area contributed by atoms with Crippen LogP contribution in [0.3, 0.4) is 0 Å². The summed E-state index contributed by atoms with van der Waals surface area (Å²) in [6.07, 6.45) is 3.82. The number of carbonyl (C=O) groups is 1. The van der Waals surface area contributed by atoms with Crippen LogP contribution >= 0.6 is 0 Å². The topological polar surface area (TPSA) is 96.4 Å². The van der Waals surface area contributed by atoms with Crippen molar-refractivity contribution in [3.05, 3.63) is 29.3 Å². The molecule has 1 atom stereocenters. The van der Waals surface area contributed by atoms with Gasteiger partial charge in [-0.2, -0.15) is 5.10 Å². The van der Waals surface area contributed by atoms with Gasteiger partial charge in [-0.05, 0) is 38.2 Å². The largest absolute Gasteiger partial charge is 0.386 e. The SMILES string of the molecule is Cc1cc(NC(=O)CN2CCCn3nc([C@H](O)C4CCC4)cc3C2)no1. The maximum Gasteiger partial charge on any atom is 0.239 e. The second-order valence-corrected chi connectivity index (χ2v) is 7.35. The first-order valence-electron chi connectivity index (χ1n) is 9.29. The van der Waals surface area contributed by atoms with Gasteiger partial charge in [-0.15, -0.1) is 0 Å². The summed E-state index contributed by atoms with van der Waals surface area (Å²) < 4.78 is 6.95. The lowest BCUT2D eigenvalue weighted by atomic mass is 9.80. The number of nitrogens with one attached hydrogen (secondary N) is 1. The molecular formula is C18H25N5O3. The molecule has 2 N–H and O–H groups in total. The van der Waals surface area contributed by atoms with Crippen molar-refractivity contribution in [2.24, 2.45) is 5.92 Å². The van der Waals surface area contributed by atoms with Crippen LogP contribution in [0.25, 0.3) is 0 Å². The monoisotopic (exact) mass is 359 g/mol. The van der Waals surface area contributed by atoms with Gasteiger partial charge in [-0.3, -0.25) is 14.4 Å². The Labute approximate surface area is 152 Å². The maximum atomic E-state index is 12.3. The van der Waals surface area contributed by atoms with E-state index in [4.69, 9.17) is 4.52 Å². The summed E-state index contributed by atoms with van der Waals surface area (Å²) in [5.74, 6) is 1.35. The quantitative estimate of drug-likeness (QED) is 0.846. The molecule has 1 aliphatic carbocycles. The van der Waals surface area contributed by atoms with Crippen LogP contribution in [-0.4, -0.2) is 43.9 Å². The Morgan fingerprint density at radius 3 is 2.92 bits per heavy atom. The average Bonchev–Trinajstić information content (AvgIpc) is 3.07. The van der Waals surface area contributed by atoms with Crippen LogP contribution in [0.4, 0.5) is 5.82 Å². The van der Waals surface area contributed by atoms with E-state index in [1.807, 2.05) is 10.7 Å². The molecule has 2 aromatic heterocycles. The number of aromatic nitrogens is 3. The molecular weight excluding hydrogens is 334 g/mol. The summed E-state index contributed by atoms with van der Waals surface area (Å²) in [5.41, 5.74) is 1.83. The third kappa shape index (κ3) is 3.66. The van der Waals surface area contributed by atoms with E-state index >= 15 is 0 Å². The van der Waals surface area contributed by atoms with Gasteiger partial charge in [0.15, 0.2) is 5.82 Å². The van der Waals surface area contributed by atoms with Gasteiger partial charge < -0.3 is 14.9 Å². The lowest BCUT2D eigenvalue weighted by Gasteiger charge is -2.29. The molecule has 8 heteroatoms. The van der Waals surface area contributed by atoms with Crippen LogP contribution in [0.2, 0.25) is 0 Å². The van der Waals surface area contributed by atoms with Crippen molar-refractivity contribution in [3.63, 3.8) is 0 Å². The Morgan fingerprint density at radius 2 is 2.23 bits per heavy atom. The first kappa shape index (κ1) is 17.2. The second kappa shape index (κ2) is 7.20. The third-order valence-corrected chi connectivity index (χ3v) is 5.27. The van der Waals surface area contributed by atoms with Crippen molar-refractivity contribution in [2.75, 3.05) is 18.4 Å². The highest BCUT2D eigenvalue weighted by Crippen LogP contribution is 2.37. The zero-order chi connectivity index (χ0) is 18.1. The zero-order valence-electron chi connectivity index (χ0n) is 15.0. The molecule has 1 saturated carbocycles. The van der Waals surface area contributed by atoms with Gasteiger partial charge in [-0.25, -0.2) is 0 Å². The van der Waals surface area contributed by atoms with Gasteiger partial charge in [0, 0.05) is 25.7 Å². The van der Waals surface area contributed by atoms with E-state index in [0.717, 1.165) is 43.7 Å². The average molecular weight is 359 g/mol. The molecule has 0 radical (unpaired) electrons. The van der Waals surface area contributed by atoms with Crippen molar-refractivity contribution >= 4 is 11.7 Å². The van der Waals surface area contributed by atoms with Crippen LogP contribution in [0, 0.1) is 12.8 Å². The maximum absolute atomic E-state index is 12.3. The van der Waals surface area contributed by atoms with Crippen molar-refractivity contribution in [1.29, 1.82) is 0 Å². The minimum absolute atomic E-state index is 0.110. The summed E-state index contributed by atoms with van der Waals surface area (Å²) in [5, 5.41) is 21.6. The minimum atomic E-state index is -0.463. The number of amides is 1.